The van der Waals surface area contributed by atoms with E-state index in [1.54, 1.807) is 0 Å². The molecule has 2 heterocycles. The van der Waals surface area contributed by atoms with Crippen LogP contribution < -0.4 is 16.4 Å². The van der Waals surface area contributed by atoms with Gasteiger partial charge in [-0.2, -0.15) is 0 Å². The zero-order valence-corrected chi connectivity index (χ0v) is 43.9. The number of anilines is 1. The summed E-state index contributed by atoms with van der Waals surface area (Å²) in [6.07, 6.45) is 17.2. The molecule has 0 aromatic heterocycles. The number of rotatable bonds is 10. The van der Waals surface area contributed by atoms with Crippen molar-refractivity contribution < 1.29 is 29.6 Å². The molecule has 7 N–H and O–H groups in total. The van der Waals surface area contributed by atoms with Crippen molar-refractivity contribution in [2.24, 2.45) is 51.2 Å². The van der Waals surface area contributed by atoms with Crippen molar-refractivity contribution >= 4 is 17.3 Å². The molecule has 10 aliphatic rings. The number of aromatic hydroxyl groups is 1. The number of β-amino-alcohol motifs (C(OH)–C–C–N with tert-alkyl or cyclic N) is 1. The molecule has 9 heteroatoms. The fraction of sp³-hybridized carbons (Fsp3) is 0.738. The number of phenols is 1. The lowest BCUT2D eigenvalue weighted by Crippen LogP contribution is -2.75. The molecule has 2 saturated heterocycles. The number of aliphatic hydroxyl groups excluding tert-OH is 1. The van der Waals surface area contributed by atoms with Gasteiger partial charge in [0.1, 0.15) is 17.6 Å². The van der Waals surface area contributed by atoms with Crippen molar-refractivity contribution in [3.8, 4) is 5.75 Å². The van der Waals surface area contributed by atoms with Gasteiger partial charge in [-0.05, 0) is 197 Å². The number of nitrogens with one attached hydrogen (secondary N) is 2. The summed E-state index contributed by atoms with van der Waals surface area (Å²) in [4.78, 5) is 31.6. The van der Waals surface area contributed by atoms with Crippen molar-refractivity contribution in [1.29, 1.82) is 0 Å². The molecule has 2 aromatic rings. The van der Waals surface area contributed by atoms with Crippen LogP contribution in [-0.2, 0) is 26.3 Å². The van der Waals surface area contributed by atoms with E-state index in [1.165, 1.54) is 30.4 Å². The summed E-state index contributed by atoms with van der Waals surface area (Å²) < 4.78 is 6.73. The lowest BCUT2D eigenvalue weighted by molar-refractivity contribution is -0.218. The highest BCUT2D eigenvalue weighted by Gasteiger charge is 2.79. The largest absolute Gasteiger partial charge is 0.508 e. The fourth-order valence-electron chi connectivity index (χ4n) is 20.1. The molecule has 15 atom stereocenters. The first-order valence-electron chi connectivity index (χ1n) is 28.2. The number of hydrogen-bond acceptors (Lipinski definition) is 9. The van der Waals surface area contributed by atoms with E-state index >= 15 is 9.59 Å². The number of phenolic OH excluding ortho intramolecular Hbond substituents is 1. The maximum atomic E-state index is 16.1. The molecule has 2 aliphatic heterocycles. The second-order valence-corrected chi connectivity index (χ2v) is 26.9. The molecule has 9 fully saturated rings. The monoisotopic (exact) mass is 958 g/mol. The van der Waals surface area contributed by atoms with Gasteiger partial charge in [-0.3, -0.25) is 9.59 Å². The van der Waals surface area contributed by atoms with E-state index in [9.17, 15) is 15.3 Å². The van der Waals surface area contributed by atoms with E-state index in [1.807, 2.05) is 32.2 Å². The standard InChI is InChI=1S/C61H87N3O6/c1-54(69)23-11-12-24-55(2)52-56(3)34-60(53(55)68,40-27-37(33-63-7)28-42(65)30-40)25-26-61(52,64-36-54)35-58(5)49(56)22-21-46-50(48(67)32-57(46,58)4)44(38-15-9-8-10-16-38)31-47(66)51-59(6,70-51)45-20-14-19-43(45)39-17-13-18-41(62)29-39/h13,17-18,27-30,38,43-45,47,49,51-52,63-66,69H,8-12,14-16,19-26,31-36,62H2,1-7H3/t43-,44-,45+,47+,49+,51+,52-,54-,55+,56-,57-,58-,59+,60-,61-/m0/s1. The maximum absolute atomic E-state index is 16.1. The number of allylic oxidation sites excluding steroid dienone is 2. The molecule has 0 unspecified atom stereocenters. The Labute approximate surface area is 419 Å². The van der Waals surface area contributed by atoms with Crippen LogP contribution in [0.3, 0.4) is 0 Å². The third-order valence-electron chi connectivity index (χ3n) is 22.8. The Hall–Kier alpha value is -3.08. The minimum atomic E-state index is -0.891. The molecular weight excluding hydrogens is 871 g/mol. The highest BCUT2D eigenvalue weighted by molar-refractivity contribution is 6.01. The quantitative estimate of drug-likeness (QED) is 0.101. The number of fused-ring (bicyclic) bond motifs is 4. The molecule has 0 radical (unpaired) electrons. The summed E-state index contributed by atoms with van der Waals surface area (Å²) in [6.45, 7) is 15.2. The number of ether oxygens (including phenoxy) is 1. The molecule has 8 aliphatic carbocycles. The van der Waals surface area contributed by atoms with Gasteiger partial charge >= 0.3 is 0 Å². The zero-order chi connectivity index (χ0) is 49.4. The molecule has 5 bridgehead atoms. The Morgan fingerprint density at radius 3 is 2.40 bits per heavy atom. The Bertz CT molecular complexity index is 2440. The summed E-state index contributed by atoms with van der Waals surface area (Å²) in [6, 6.07) is 14.3. The SMILES string of the molecule is CNCc1cc(O)cc([C@]23CC[C@]45C[C@@]6(C)[C@H](CCC7=C([C@@H](C[C@@H](O)[C@H]8O[C@]8(C)[C@@H]8CCC[C@H]8c8cccc(N)c8)C8CCCCC8)C(=O)C[C@@]76C)[C@](C)(C2)[C@@H]4[C@@](C)(CCCC[C@](C)(O)CN5)C3=O)c1. The number of nitrogen functional groups attached to an aromatic ring is 1. The first-order chi connectivity index (χ1) is 33.2. The molecule has 2 aromatic carbocycles. The molecule has 9 nitrogen and oxygen atoms in total. The number of carbonyl (C=O) groups excluding carboxylic acids is 2. The number of hydrogen-bond donors (Lipinski definition) is 6. The summed E-state index contributed by atoms with van der Waals surface area (Å²) in [5.74, 6) is 2.13. The van der Waals surface area contributed by atoms with E-state index in [0.717, 1.165) is 99.4 Å². The predicted molar refractivity (Wildman–Crippen MR) is 276 cm³/mol. The van der Waals surface area contributed by atoms with E-state index in [0.29, 0.717) is 74.5 Å². The van der Waals surface area contributed by atoms with Crippen LogP contribution in [0, 0.1) is 51.2 Å². The van der Waals surface area contributed by atoms with Crippen LogP contribution in [-0.4, -0.2) is 69.4 Å². The van der Waals surface area contributed by atoms with Gasteiger partial charge in [0.25, 0.3) is 0 Å². The Kier molecular flexibility index (Phi) is 11.9. The van der Waals surface area contributed by atoms with Crippen LogP contribution in [0.1, 0.15) is 193 Å². The minimum Gasteiger partial charge on any atom is -0.508 e. The summed E-state index contributed by atoms with van der Waals surface area (Å²) in [5, 5.41) is 43.5. The zero-order valence-electron chi connectivity index (χ0n) is 43.9. The van der Waals surface area contributed by atoms with Crippen LogP contribution in [0.5, 0.6) is 5.75 Å². The lowest BCUT2D eigenvalue weighted by atomic mass is 9.31. The normalized spacial score (nSPS) is 44.7. The predicted octanol–water partition coefficient (Wildman–Crippen LogP) is 10.8. The van der Waals surface area contributed by atoms with Crippen LogP contribution in [0.25, 0.3) is 0 Å². The second kappa shape index (κ2) is 17.0. The van der Waals surface area contributed by atoms with Crippen molar-refractivity contribution in [3.05, 3.63) is 70.3 Å². The Morgan fingerprint density at radius 2 is 1.64 bits per heavy atom. The smallest absolute Gasteiger partial charge is 0.160 e. The summed E-state index contributed by atoms with van der Waals surface area (Å²) in [5.41, 5.74) is 8.54. The number of Topliss-reactive ketones (excluding diaryl/α,β-unsaturated/α-hetero) is 2. The third-order valence-corrected chi connectivity index (χ3v) is 22.8. The van der Waals surface area contributed by atoms with Crippen molar-refractivity contribution in [1.82, 2.24) is 10.6 Å². The van der Waals surface area contributed by atoms with Gasteiger partial charge in [-0.1, -0.05) is 90.0 Å². The van der Waals surface area contributed by atoms with Crippen molar-refractivity contribution in [2.45, 2.75) is 217 Å². The topological polar surface area (TPSA) is 157 Å². The van der Waals surface area contributed by atoms with Crippen molar-refractivity contribution in [3.63, 3.8) is 0 Å². The van der Waals surface area contributed by atoms with Gasteiger partial charge in [0.15, 0.2) is 5.78 Å². The van der Waals surface area contributed by atoms with Crippen LogP contribution in [0.4, 0.5) is 5.69 Å². The van der Waals surface area contributed by atoms with Gasteiger partial charge in [0.05, 0.1) is 22.7 Å². The average molecular weight is 958 g/mol. The first kappa shape index (κ1) is 49.1. The number of benzene rings is 2. The number of carbonyl (C=O) groups is 2. The first-order valence-corrected chi connectivity index (χ1v) is 28.2. The van der Waals surface area contributed by atoms with E-state index in [-0.39, 0.29) is 40.4 Å². The Morgan fingerprint density at radius 1 is 0.871 bits per heavy atom. The maximum Gasteiger partial charge on any atom is 0.160 e. The molecule has 70 heavy (non-hydrogen) atoms. The fourth-order valence-corrected chi connectivity index (χ4v) is 20.1. The van der Waals surface area contributed by atoms with E-state index in [2.05, 4.69) is 69.5 Å². The van der Waals surface area contributed by atoms with Gasteiger partial charge in [-0.25, -0.2) is 0 Å². The molecule has 12 rings (SSSR count). The van der Waals surface area contributed by atoms with Gasteiger partial charge in [-0.15, -0.1) is 0 Å². The van der Waals surface area contributed by atoms with E-state index in [4.69, 9.17) is 10.5 Å². The Balaban J connectivity index is 0.992. The van der Waals surface area contributed by atoms with Crippen molar-refractivity contribution in [2.75, 3.05) is 19.3 Å². The number of nitrogens with two attached hydrogens (primary N) is 1. The van der Waals surface area contributed by atoms with Gasteiger partial charge < -0.3 is 36.4 Å². The summed E-state index contributed by atoms with van der Waals surface area (Å²) >= 11 is 0. The highest BCUT2D eigenvalue weighted by atomic mass is 16.6. The molecule has 382 valence electrons. The number of ketones is 2. The van der Waals surface area contributed by atoms with Crippen LogP contribution in [0.2, 0.25) is 0 Å². The lowest BCUT2D eigenvalue weighted by Gasteiger charge is -2.73. The third kappa shape index (κ3) is 7.28. The molecular formula is C61H87N3O6. The number of epoxide rings is 1. The molecule has 7 saturated carbocycles. The number of aliphatic hydroxyl groups is 2. The molecule has 0 spiro atoms. The average Bonchev–Trinajstić information content (AvgIpc) is 3.66. The minimum absolute atomic E-state index is 0.0132. The second-order valence-electron chi connectivity index (χ2n) is 26.9. The summed E-state index contributed by atoms with van der Waals surface area (Å²) in [7, 11) is 1.93. The van der Waals surface area contributed by atoms with Gasteiger partial charge in [0.2, 0.25) is 0 Å². The van der Waals surface area contributed by atoms with E-state index < -0.39 is 39.1 Å². The van der Waals surface area contributed by atoms with Crippen LogP contribution >= 0.6 is 0 Å². The van der Waals surface area contributed by atoms with Crippen LogP contribution in [0.15, 0.2) is 53.6 Å². The highest BCUT2D eigenvalue weighted by Crippen LogP contribution is 2.80. The van der Waals surface area contributed by atoms with Gasteiger partial charge in [0, 0.05) is 41.6 Å². The molecule has 0 amide bonds.